The SMILES string of the molecule is CC.CC.COc1ccc(S)c2c1C(F)C(C)C2O. The molecule has 0 fully saturated rings. The molecule has 0 aliphatic heterocycles. The highest BCUT2D eigenvalue weighted by Gasteiger charge is 2.40. The molecule has 3 unspecified atom stereocenters. The first-order valence-corrected chi connectivity index (χ1v) is 7.24. The number of rotatable bonds is 1. The second-order valence-electron chi connectivity index (χ2n) is 3.82. The third-order valence-corrected chi connectivity index (χ3v) is 3.37. The summed E-state index contributed by atoms with van der Waals surface area (Å²) >= 11 is 4.23. The van der Waals surface area contributed by atoms with Crippen molar-refractivity contribution in [2.45, 2.75) is 51.8 Å². The van der Waals surface area contributed by atoms with Crippen LogP contribution in [0.5, 0.6) is 5.75 Å². The highest BCUT2D eigenvalue weighted by Crippen LogP contribution is 2.51. The zero-order valence-electron chi connectivity index (χ0n) is 12.6. The number of ether oxygens (including phenoxy) is 1. The van der Waals surface area contributed by atoms with Crippen LogP contribution >= 0.6 is 12.6 Å². The number of aliphatic hydroxyl groups is 1. The van der Waals surface area contributed by atoms with Crippen molar-refractivity contribution in [3.05, 3.63) is 23.3 Å². The highest BCUT2D eigenvalue weighted by molar-refractivity contribution is 7.80. The molecule has 0 aromatic heterocycles. The molecule has 1 aliphatic carbocycles. The third-order valence-electron chi connectivity index (χ3n) is 2.98. The van der Waals surface area contributed by atoms with Gasteiger partial charge in [-0.05, 0) is 12.1 Å². The zero-order valence-corrected chi connectivity index (χ0v) is 13.5. The molecule has 1 aromatic carbocycles. The van der Waals surface area contributed by atoms with Crippen LogP contribution in [0.15, 0.2) is 17.0 Å². The fraction of sp³-hybridized carbons (Fsp3) is 0.600. The van der Waals surface area contributed by atoms with E-state index >= 15 is 0 Å². The Morgan fingerprint density at radius 2 is 1.68 bits per heavy atom. The monoisotopic (exact) mass is 288 g/mol. The van der Waals surface area contributed by atoms with E-state index in [4.69, 9.17) is 4.74 Å². The molecule has 0 spiro atoms. The van der Waals surface area contributed by atoms with Crippen LogP contribution in [0.1, 0.15) is 58.0 Å². The maximum atomic E-state index is 13.9. The lowest BCUT2D eigenvalue weighted by molar-refractivity contribution is 0.0874. The lowest BCUT2D eigenvalue weighted by atomic mass is 10.1. The molecule has 2 nitrogen and oxygen atoms in total. The summed E-state index contributed by atoms with van der Waals surface area (Å²) in [5.74, 6) is 0.0425. The molecule has 0 radical (unpaired) electrons. The van der Waals surface area contributed by atoms with Crippen molar-refractivity contribution in [3.63, 3.8) is 0 Å². The van der Waals surface area contributed by atoms with Gasteiger partial charge in [0.2, 0.25) is 0 Å². The standard InChI is InChI=1S/C11H13FO2S.2C2H6/c1-5-10(12)8-6(14-2)3-4-7(15)9(8)11(5)13;2*1-2/h3-5,10-11,13,15H,1-2H3;2*1-2H3. The largest absolute Gasteiger partial charge is 0.496 e. The lowest BCUT2D eigenvalue weighted by Gasteiger charge is -2.11. The number of methoxy groups -OCH3 is 1. The molecule has 110 valence electrons. The summed E-state index contributed by atoms with van der Waals surface area (Å²) in [4.78, 5) is 0.616. The molecule has 1 aliphatic rings. The minimum atomic E-state index is -1.18. The molecule has 4 heteroatoms. The Hall–Kier alpha value is -0.740. The minimum Gasteiger partial charge on any atom is -0.496 e. The smallest absolute Gasteiger partial charge is 0.134 e. The number of alkyl halides is 1. The van der Waals surface area contributed by atoms with Gasteiger partial charge in [-0.3, -0.25) is 0 Å². The fourth-order valence-corrected chi connectivity index (χ4v) is 2.39. The number of aliphatic hydroxyl groups excluding tert-OH is 1. The van der Waals surface area contributed by atoms with Crippen LogP contribution in [-0.2, 0) is 0 Å². The summed E-state index contributed by atoms with van der Waals surface area (Å²) in [6.07, 6.45) is -1.98. The summed E-state index contributed by atoms with van der Waals surface area (Å²) in [6, 6.07) is 3.40. The first-order valence-electron chi connectivity index (χ1n) is 6.79. The van der Waals surface area contributed by atoms with Gasteiger partial charge in [0.05, 0.1) is 13.2 Å². The van der Waals surface area contributed by atoms with Gasteiger partial charge < -0.3 is 9.84 Å². The highest BCUT2D eigenvalue weighted by atomic mass is 32.1. The molecule has 3 atom stereocenters. The Labute approximate surface area is 121 Å². The first kappa shape index (κ1) is 18.3. The van der Waals surface area contributed by atoms with Crippen LogP contribution in [0.25, 0.3) is 0 Å². The van der Waals surface area contributed by atoms with Crippen molar-refractivity contribution >= 4 is 12.6 Å². The molecular weight excluding hydrogens is 263 g/mol. The Kier molecular flexibility index (Phi) is 8.11. The van der Waals surface area contributed by atoms with Crippen LogP contribution in [-0.4, -0.2) is 12.2 Å². The number of fused-ring (bicyclic) bond motifs is 1. The Morgan fingerprint density at radius 3 is 2.16 bits per heavy atom. The van der Waals surface area contributed by atoms with Gasteiger partial charge in [-0.2, -0.15) is 0 Å². The number of hydrogen-bond acceptors (Lipinski definition) is 3. The third kappa shape index (κ3) is 3.42. The summed E-state index contributed by atoms with van der Waals surface area (Å²) in [6.45, 7) is 9.68. The van der Waals surface area contributed by atoms with Gasteiger partial charge in [0.25, 0.3) is 0 Å². The van der Waals surface area contributed by atoms with E-state index in [2.05, 4.69) is 12.6 Å². The van der Waals surface area contributed by atoms with Gasteiger partial charge in [-0.25, -0.2) is 4.39 Å². The number of benzene rings is 1. The molecule has 1 aromatic rings. The van der Waals surface area contributed by atoms with Crippen molar-refractivity contribution in [1.82, 2.24) is 0 Å². The maximum absolute atomic E-state index is 13.9. The van der Waals surface area contributed by atoms with Gasteiger partial charge in [-0.1, -0.05) is 34.6 Å². The molecule has 1 N–H and O–H groups in total. The summed E-state index contributed by atoms with van der Waals surface area (Å²) in [5.41, 5.74) is 1.02. The second kappa shape index (κ2) is 8.43. The topological polar surface area (TPSA) is 29.5 Å². The van der Waals surface area contributed by atoms with Gasteiger partial charge in [0, 0.05) is 21.9 Å². The van der Waals surface area contributed by atoms with Crippen molar-refractivity contribution in [3.8, 4) is 5.75 Å². The van der Waals surface area contributed by atoms with Gasteiger partial charge >= 0.3 is 0 Å². The van der Waals surface area contributed by atoms with Gasteiger partial charge in [-0.15, -0.1) is 12.6 Å². The summed E-state index contributed by atoms with van der Waals surface area (Å²) < 4.78 is 19.0. The molecule has 2 rings (SSSR count). The second-order valence-corrected chi connectivity index (χ2v) is 4.30. The van der Waals surface area contributed by atoms with Crippen LogP contribution in [0.3, 0.4) is 0 Å². The van der Waals surface area contributed by atoms with E-state index < -0.39 is 18.2 Å². The predicted octanol–water partition coefficient (Wildman–Crippen LogP) is 4.73. The molecule has 0 saturated heterocycles. The lowest BCUT2D eigenvalue weighted by Crippen LogP contribution is -2.04. The van der Waals surface area contributed by atoms with E-state index in [0.717, 1.165) is 0 Å². The molecule has 0 bridgehead atoms. The average Bonchev–Trinajstić information content (AvgIpc) is 2.70. The molecular formula is C15H25FO2S. The van der Waals surface area contributed by atoms with E-state index in [9.17, 15) is 9.50 Å². The maximum Gasteiger partial charge on any atom is 0.134 e. The van der Waals surface area contributed by atoms with Crippen molar-refractivity contribution in [2.75, 3.05) is 7.11 Å². The van der Waals surface area contributed by atoms with Gasteiger partial charge in [0.1, 0.15) is 11.9 Å². The van der Waals surface area contributed by atoms with E-state index in [1.54, 1.807) is 19.1 Å². The Balaban J connectivity index is 0.000000741. The number of thiol groups is 1. The molecule has 19 heavy (non-hydrogen) atoms. The quantitative estimate of drug-likeness (QED) is 0.732. The van der Waals surface area contributed by atoms with Crippen molar-refractivity contribution in [2.24, 2.45) is 5.92 Å². The zero-order chi connectivity index (χ0) is 15.2. The van der Waals surface area contributed by atoms with Crippen LogP contribution in [0.4, 0.5) is 4.39 Å². The first-order chi connectivity index (χ1) is 9.07. The average molecular weight is 288 g/mol. The molecule has 0 saturated carbocycles. The minimum absolute atomic E-state index is 0.442. The van der Waals surface area contributed by atoms with E-state index in [0.29, 0.717) is 21.8 Å². The van der Waals surface area contributed by atoms with Crippen LogP contribution < -0.4 is 4.74 Å². The fourth-order valence-electron chi connectivity index (χ4n) is 2.06. The summed E-state index contributed by atoms with van der Waals surface area (Å²) in [5, 5.41) is 9.88. The van der Waals surface area contributed by atoms with E-state index in [-0.39, 0.29) is 0 Å². The molecule has 0 amide bonds. The van der Waals surface area contributed by atoms with Gasteiger partial charge in [0.15, 0.2) is 0 Å². The number of hydrogen-bond donors (Lipinski definition) is 2. The van der Waals surface area contributed by atoms with Crippen molar-refractivity contribution < 1.29 is 14.2 Å². The number of halogens is 1. The van der Waals surface area contributed by atoms with E-state index in [1.807, 2.05) is 27.7 Å². The van der Waals surface area contributed by atoms with Crippen molar-refractivity contribution in [1.29, 1.82) is 0 Å². The van der Waals surface area contributed by atoms with E-state index in [1.165, 1.54) is 7.11 Å². The summed E-state index contributed by atoms with van der Waals surface area (Å²) in [7, 11) is 1.50. The van der Waals surface area contributed by atoms with Crippen LogP contribution in [0.2, 0.25) is 0 Å². The van der Waals surface area contributed by atoms with Crippen LogP contribution in [0, 0.1) is 5.92 Å². The predicted molar refractivity (Wildman–Crippen MR) is 80.9 cm³/mol. The Morgan fingerprint density at radius 1 is 1.16 bits per heavy atom. The Bertz CT molecular complexity index is 396. The molecule has 0 heterocycles. The normalized spacial score (nSPS) is 23.5.